The molecule has 7 nitrogen and oxygen atoms in total. The fourth-order valence-corrected chi connectivity index (χ4v) is 5.66. The molecule has 1 amide bonds. The summed E-state index contributed by atoms with van der Waals surface area (Å²) in [5, 5.41) is 9.34. The molecule has 0 spiro atoms. The Labute approximate surface area is 175 Å². The fraction of sp³-hybridized carbons (Fsp3) is 0.550. The second-order valence-corrected chi connectivity index (χ2v) is 11.6. The number of hydrogen-bond acceptors (Lipinski definition) is 6. The summed E-state index contributed by atoms with van der Waals surface area (Å²) in [5.41, 5.74) is 0.569. The normalized spacial score (nSPS) is 18.7. The largest absolute Gasteiger partial charge is 0.311 e. The number of ketones is 1. The van der Waals surface area contributed by atoms with E-state index in [1.54, 1.807) is 10.7 Å². The molecule has 1 atom stereocenters. The number of carbonyl (C=O) groups excluding carboxylic acids is 2. The maximum atomic E-state index is 12.5. The van der Waals surface area contributed by atoms with Crippen molar-refractivity contribution in [2.45, 2.75) is 57.9 Å². The Hall–Kier alpha value is -2.00. The molecule has 0 radical (unpaired) electrons. The van der Waals surface area contributed by atoms with Gasteiger partial charge in [0.25, 0.3) is 0 Å². The van der Waals surface area contributed by atoms with Crippen LogP contribution in [0.2, 0.25) is 0 Å². The van der Waals surface area contributed by atoms with Crippen LogP contribution >= 0.6 is 11.3 Å². The van der Waals surface area contributed by atoms with Gasteiger partial charge < -0.3 is 5.32 Å². The summed E-state index contributed by atoms with van der Waals surface area (Å²) in [6.07, 6.45) is 1.49. The van der Waals surface area contributed by atoms with E-state index in [2.05, 4.69) is 10.4 Å². The van der Waals surface area contributed by atoms with Crippen molar-refractivity contribution in [1.29, 1.82) is 0 Å². The molecule has 0 bridgehead atoms. The lowest BCUT2D eigenvalue weighted by Crippen LogP contribution is -2.20. The molecule has 1 aliphatic heterocycles. The Morgan fingerprint density at radius 3 is 2.66 bits per heavy atom. The first-order chi connectivity index (χ1) is 13.5. The van der Waals surface area contributed by atoms with Gasteiger partial charge in [-0.25, -0.2) is 13.1 Å². The average molecular weight is 438 g/mol. The predicted octanol–water partition coefficient (Wildman–Crippen LogP) is 3.59. The minimum Gasteiger partial charge on any atom is -0.311 e. The van der Waals surface area contributed by atoms with Gasteiger partial charge in [-0.2, -0.15) is 5.10 Å². The van der Waals surface area contributed by atoms with Crippen molar-refractivity contribution < 1.29 is 18.0 Å². The number of amides is 1. The van der Waals surface area contributed by atoms with Crippen molar-refractivity contribution >= 4 is 38.7 Å². The summed E-state index contributed by atoms with van der Waals surface area (Å²) in [6, 6.07) is 5.17. The molecule has 1 aliphatic rings. The highest BCUT2D eigenvalue weighted by molar-refractivity contribution is 7.91. The number of aromatic nitrogens is 2. The van der Waals surface area contributed by atoms with Crippen molar-refractivity contribution in [1.82, 2.24) is 9.78 Å². The predicted molar refractivity (Wildman–Crippen MR) is 114 cm³/mol. The standard InChI is InChI=1S/C20H27N3O4S2/c1-20(2,3)17-12-18(23(22-17)14-9-11-29(26,27)13-14)21-19(25)8-4-6-15(24)16-7-5-10-28-16/h5,7,10,12,14H,4,6,8-9,11,13H2,1-3H3,(H,21,25). The molecule has 9 heteroatoms. The molecule has 0 aliphatic carbocycles. The van der Waals surface area contributed by atoms with Crippen LogP contribution in [0.3, 0.4) is 0 Å². The van der Waals surface area contributed by atoms with E-state index in [0.29, 0.717) is 30.0 Å². The van der Waals surface area contributed by atoms with E-state index < -0.39 is 9.84 Å². The third-order valence-electron chi connectivity index (χ3n) is 4.93. The monoisotopic (exact) mass is 437 g/mol. The van der Waals surface area contributed by atoms with Crippen LogP contribution < -0.4 is 5.32 Å². The summed E-state index contributed by atoms with van der Waals surface area (Å²) in [5.74, 6) is 0.541. The summed E-state index contributed by atoms with van der Waals surface area (Å²) >= 11 is 1.40. The topological polar surface area (TPSA) is 98.1 Å². The van der Waals surface area contributed by atoms with E-state index in [-0.39, 0.29) is 41.1 Å². The van der Waals surface area contributed by atoms with E-state index in [1.165, 1.54) is 11.3 Å². The van der Waals surface area contributed by atoms with Gasteiger partial charge in [0.05, 0.1) is 28.1 Å². The maximum Gasteiger partial charge on any atom is 0.225 e. The lowest BCUT2D eigenvalue weighted by Gasteiger charge is -2.15. The van der Waals surface area contributed by atoms with Crippen LogP contribution in [0, 0.1) is 0 Å². The lowest BCUT2D eigenvalue weighted by atomic mass is 9.92. The Morgan fingerprint density at radius 1 is 1.31 bits per heavy atom. The number of nitrogens with zero attached hydrogens (tertiary/aromatic N) is 2. The van der Waals surface area contributed by atoms with Crippen molar-refractivity contribution in [2.24, 2.45) is 0 Å². The zero-order valence-corrected chi connectivity index (χ0v) is 18.6. The Morgan fingerprint density at radius 2 is 2.07 bits per heavy atom. The summed E-state index contributed by atoms with van der Waals surface area (Å²) < 4.78 is 25.4. The molecule has 3 rings (SSSR count). The van der Waals surface area contributed by atoms with Crippen LogP contribution in [0.15, 0.2) is 23.6 Å². The Balaban J connectivity index is 1.66. The van der Waals surface area contributed by atoms with Gasteiger partial charge in [-0.1, -0.05) is 26.8 Å². The number of thiophene rings is 1. The van der Waals surface area contributed by atoms with Crippen LogP contribution in [0.1, 0.15) is 67.9 Å². The van der Waals surface area contributed by atoms with Gasteiger partial charge in [-0.05, 0) is 24.3 Å². The van der Waals surface area contributed by atoms with Gasteiger partial charge >= 0.3 is 0 Å². The molecule has 2 aromatic rings. The highest BCUT2D eigenvalue weighted by Crippen LogP contribution is 2.31. The van der Waals surface area contributed by atoms with Gasteiger partial charge in [0, 0.05) is 24.3 Å². The van der Waals surface area contributed by atoms with Gasteiger partial charge in [-0.15, -0.1) is 11.3 Å². The Bertz CT molecular complexity index is 986. The van der Waals surface area contributed by atoms with Crippen LogP contribution in [0.5, 0.6) is 0 Å². The number of Topliss-reactive ketones (excluding diaryl/α,β-unsaturated/α-hetero) is 1. The second kappa shape index (κ2) is 8.39. The zero-order valence-electron chi connectivity index (χ0n) is 17.0. The number of nitrogens with one attached hydrogen (secondary N) is 1. The molecule has 0 saturated carbocycles. The maximum absolute atomic E-state index is 12.5. The van der Waals surface area contributed by atoms with Crippen molar-refractivity contribution in [3.05, 3.63) is 34.2 Å². The zero-order chi connectivity index (χ0) is 21.2. The fourth-order valence-electron chi connectivity index (χ4n) is 3.28. The van der Waals surface area contributed by atoms with Crippen LogP contribution in [-0.2, 0) is 20.0 Å². The molecule has 1 saturated heterocycles. The minimum absolute atomic E-state index is 0.0381. The molecular weight excluding hydrogens is 410 g/mol. The lowest BCUT2D eigenvalue weighted by molar-refractivity contribution is -0.116. The SMILES string of the molecule is CC(C)(C)c1cc(NC(=O)CCCC(=O)c2cccs2)n(C2CCS(=O)(=O)C2)n1. The second-order valence-electron chi connectivity index (χ2n) is 8.47. The molecule has 29 heavy (non-hydrogen) atoms. The van der Waals surface area contributed by atoms with Gasteiger partial charge in [-0.3, -0.25) is 9.59 Å². The molecule has 1 unspecified atom stereocenters. The third-order valence-corrected chi connectivity index (χ3v) is 7.59. The molecule has 2 aromatic heterocycles. The number of carbonyl (C=O) groups is 2. The number of hydrogen-bond donors (Lipinski definition) is 1. The van der Waals surface area contributed by atoms with Crippen molar-refractivity contribution in [3.63, 3.8) is 0 Å². The first-order valence-corrected chi connectivity index (χ1v) is 12.4. The van der Waals surface area contributed by atoms with E-state index in [4.69, 9.17) is 0 Å². The summed E-state index contributed by atoms with van der Waals surface area (Å²) in [4.78, 5) is 25.2. The van der Waals surface area contributed by atoms with Crippen molar-refractivity contribution in [3.8, 4) is 0 Å². The summed E-state index contributed by atoms with van der Waals surface area (Å²) in [6.45, 7) is 6.06. The van der Waals surface area contributed by atoms with E-state index in [9.17, 15) is 18.0 Å². The van der Waals surface area contributed by atoms with E-state index >= 15 is 0 Å². The minimum atomic E-state index is -3.07. The highest BCUT2D eigenvalue weighted by atomic mass is 32.2. The quantitative estimate of drug-likeness (QED) is 0.668. The first kappa shape index (κ1) is 21.7. The molecular formula is C20H27N3O4S2. The van der Waals surface area contributed by atoms with Crippen molar-refractivity contribution in [2.75, 3.05) is 16.8 Å². The third kappa shape index (κ3) is 5.54. The number of anilines is 1. The van der Waals surface area contributed by atoms with E-state index in [0.717, 1.165) is 5.69 Å². The van der Waals surface area contributed by atoms with Crippen LogP contribution in [0.25, 0.3) is 0 Å². The molecule has 1 N–H and O–H groups in total. The molecule has 3 heterocycles. The first-order valence-electron chi connectivity index (χ1n) is 9.72. The molecule has 1 fully saturated rings. The molecule has 158 valence electrons. The van der Waals surface area contributed by atoms with Gasteiger partial charge in [0.15, 0.2) is 15.6 Å². The van der Waals surface area contributed by atoms with E-state index in [1.807, 2.05) is 38.3 Å². The van der Waals surface area contributed by atoms with Crippen LogP contribution in [-0.4, -0.2) is 41.4 Å². The van der Waals surface area contributed by atoms with Crippen LogP contribution in [0.4, 0.5) is 5.82 Å². The smallest absolute Gasteiger partial charge is 0.225 e. The number of rotatable bonds is 7. The van der Waals surface area contributed by atoms with Gasteiger partial charge in [0.1, 0.15) is 5.82 Å². The summed E-state index contributed by atoms with van der Waals surface area (Å²) in [7, 11) is -3.07. The van der Waals surface area contributed by atoms with Gasteiger partial charge in [0.2, 0.25) is 5.91 Å². The highest BCUT2D eigenvalue weighted by Gasteiger charge is 2.32. The molecule has 0 aromatic carbocycles. The average Bonchev–Trinajstić information content (AvgIpc) is 3.33. The Kier molecular flexibility index (Phi) is 6.28. The number of sulfone groups is 1.